The summed E-state index contributed by atoms with van der Waals surface area (Å²) in [6, 6.07) is 11.5. The number of likely N-dealkylation sites (tertiary alicyclic amines) is 2. The Morgan fingerprint density at radius 1 is 0.574 bits per heavy atom. The number of nitrogens with one attached hydrogen (secondary N) is 2. The molecular formula is C48H58N8O12. The van der Waals surface area contributed by atoms with Crippen molar-refractivity contribution < 1.29 is 57.3 Å². The molecule has 0 saturated carbocycles. The summed E-state index contributed by atoms with van der Waals surface area (Å²) >= 11 is 0. The predicted molar refractivity (Wildman–Crippen MR) is 245 cm³/mol. The molecule has 20 heteroatoms. The molecule has 6 rings (SSSR count). The van der Waals surface area contributed by atoms with Gasteiger partial charge in [-0.15, -0.1) is 0 Å². The van der Waals surface area contributed by atoms with Gasteiger partial charge in [0.1, 0.15) is 23.7 Å². The quantitative estimate of drug-likeness (QED) is 0.124. The van der Waals surface area contributed by atoms with Crippen LogP contribution in [0.25, 0.3) is 33.6 Å². The first-order chi connectivity index (χ1) is 32.4. The second-order valence-electron chi connectivity index (χ2n) is 17.4. The van der Waals surface area contributed by atoms with Gasteiger partial charge in [0.2, 0.25) is 11.8 Å². The van der Waals surface area contributed by atoms with Gasteiger partial charge in [0, 0.05) is 24.2 Å². The highest BCUT2D eigenvalue weighted by atomic mass is 16.6. The monoisotopic (exact) mass is 938 g/mol. The highest BCUT2D eigenvalue weighted by molar-refractivity contribution is 5.89. The van der Waals surface area contributed by atoms with Crippen LogP contribution >= 0.6 is 0 Å². The molecule has 4 heterocycles. The first-order valence-corrected chi connectivity index (χ1v) is 22.4. The third-order valence-electron chi connectivity index (χ3n) is 11.9. The smallest absolute Gasteiger partial charge is 0.420 e. The molecule has 0 spiro atoms. The average Bonchev–Trinajstić information content (AvgIpc) is 4.16. The summed E-state index contributed by atoms with van der Waals surface area (Å²) in [6.07, 6.45) is 2.05. The van der Waals surface area contributed by atoms with Crippen molar-refractivity contribution in [2.75, 3.05) is 40.5 Å². The van der Waals surface area contributed by atoms with E-state index < -0.39 is 61.8 Å². The van der Waals surface area contributed by atoms with E-state index in [0.717, 1.165) is 11.1 Å². The Labute approximate surface area is 393 Å². The summed E-state index contributed by atoms with van der Waals surface area (Å²) in [7, 11) is 2.43. The number of Topliss-reactive ketones (excluding diaryl/α,β-unsaturated/α-hetero) is 2. The summed E-state index contributed by atoms with van der Waals surface area (Å²) in [5.41, 5.74) is 3.51. The summed E-state index contributed by atoms with van der Waals surface area (Å²) in [5, 5.41) is 5.25. The Bertz CT molecular complexity index is 2360. The highest BCUT2D eigenvalue weighted by Gasteiger charge is 2.41. The third kappa shape index (κ3) is 11.1. The van der Waals surface area contributed by atoms with Crippen molar-refractivity contribution in [2.45, 2.75) is 91.4 Å². The summed E-state index contributed by atoms with van der Waals surface area (Å²) < 4.78 is 22.9. The molecule has 20 nitrogen and oxygen atoms in total. The molecule has 2 aromatic heterocycles. The Hall–Kier alpha value is -7.38. The van der Waals surface area contributed by atoms with Gasteiger partial charge in [-0.1, -0.05) is 76.2 Å². The number of methoxy groups -OCH3 is 2. The van der Waals surface area contributed by atoms with Crippen LogP contribution < -0.4 is 10.6 Å². The minimum atomic E-state index is -0.895. The van der Waals surface area contributed by atoms with Gasteiger partial charge in [0.25, 0.3) is 0 Å². The van der Waals surface area contributed by atoms with Crippen LogP contribution in [-0.2, 0) is 38.1 Å². The van der Waals surface area contributed by atoms with Gasteiger partial charge >= 0.3 is 24.4 Å². The second-order valence-corrected chi connectivity index (χ2v) is 17.4. The highest BCUT2D eigenvalue weighted by Crippen LogP contribution is 2.38. The molecule has 362 valence electrons. The first kappa shape index (κ1) is 50.0. The number of nitrogens with zero attached hydrogens (tertiary/aromatic N) is 6. The van der Waals surface area contributed by atoms with Crippen LogP contribution in [0.2, 0.25) is 0 Å². The van der Waals surface area contributed by atoms with Gasteiger partial charge < -0.3 is 39.4 Å². The van der Waals surface area contributed by atoms with E-state index in [2.05, 4.69) is 20.6 Å². The lowest BCUT2D eigenvalue weighted by atomic mass is 10.0. The van der Waals surface area contributed by atoms with Gasteiger partial charge in [-0.3, -0.25) is 19.2 Å². The Balaban J connectivity index is 1.29. The Kier molecular flexibility index (Phi) is 16.1. The molecular weight excluding hydrogens is 881 g/mol. The number of carbonyl (C=O) groups excluding carboxylic acids is 8. The number of ether oxygens (including phenoxy) is 4. The second kappa shape index (κ2) is 21.9. The maximum absolute atomic E-state index is 13.9. The fraction of sp³-hybridized carbons (Fsp3) is 0.458. The molecule has 68 heavy (non-hydrogen) atoms. The lowest BCUT2D eigenvalue weighted by molar-refractivity contribution is -0.136. The SMILES string of the molecule is COC(=O)N[C@H](C(=O)N1CCC[C@@H]1c1ncc(-c2ccc(-c3ccc(-c4cnc([C@H]5CCCN5C(=O)[C@@H](NC(=O)OC)C(C)C)n4C(=O)OCC(C)=O)cc3)cc2)n1C(=O)OCC(C)=O)C(C)C. The number of carbonyl (C=O) groups is 8. The average molecular weight is 939 g/mol. The number of rotatable bonds is 15. The molecule has 2 aliphatic rings. The van der Waals surface area contributed by atoms with Crippen LogP contribution in [0.15, 0.2) is 60.9 Å². The Morgan fingerprint density at radius 2 is 0.912 bits per heavy atom. The lowest BCUT2D eigenvalue weighted by Gasteiger charge is -2.30. The third-order valence-corrected chi connectivity index (χ3v) is 11.9. The minimum absolute atomic E-state index is 0.245. The van der Waals surface area contributed by atoms with Crippen molar-refractivity contribution in [1.82, 2.24) is 39.5 Å². The van der Waals surface area contributed by atoms with E-state index in [1.807, 2.05) is 24.3 Å². The van der Waals surface area contributed by atoms with Crippen LogP contribution in [0.1, 0.15) is 91.0 Å². The fourth-order valence-electron chi connectivity index (χ4n) is 8.47. The summed E-state index contributed by atoms with van der Waals surface area (Å²) in [5.74, 6) is -1.49. The van der Waals surface area contributed by atoms with Crippen LogP contribution in [0.5, 0.6) is 0 Å². The van der Waals surface area contributed by atoms with E-state index in [9.17, 15) is 38.4 Å². The molecule has 2 N–H and O–H groups in total. The van der Waals surface area contributed by atoms with E-state index in [1.165, 1.54) is 49.6 Å². The largest absolute Gasteiger partial charge is 0.453 e. The van der Waals surface area contributed by atoms with E-state index >= 15 is 0 Å². The summed E-state index contributed by atoms with van der Waals surface area (Å²) in [6.45, 7) is 9.60. The zero-order chi connectivity index (χ0) is 49.4. The number of imidazole rings is 2. The topological polar surface area (TPSA) is 240 Å². The van der Waals surface area contributed by atoms with Crippen molar-refractivity contribution >= 4 is 47.8 Å². The van der Waals surface area contributed by atoms with Gasteiger partial charge in [0.05, 0.1) is 50.1 Å². The number of ketones is 2. The first-order valence-electron chi connectivity index (χ1n) is 22.4. The van der Waals surface area contributed by atoms with Gasteiger partial charge in [-0.2, -0.15) is 0 Å². The number of alkyl carbamates (subject to hydrolysis) is 2. The normalized spacial score (nSPS) is 16.6. The zero-order valence-corrected chi connectivity index (χ0v) is 39.5. The van der Waals surface area contributed by atoms with Crippen LogP contribution in [0, 0.1) is 11.8 Å². The molecule has 0 bridgehead atoms. The molecule has 4 amide bonds. The van der Waals surface area contributed by atoms with Crippen molar-refractivity contribution in [3.05, 3.63) is 72.6 Å². The standard InChI is InChI=1S/C48H58N8O12/c1-27(2)39(51-45(61)65-7)43(59)53-21-9-11-35(53)41-49-23-37(55(41)47(63)67-25-29(5)57)33-17-13-31(14-18-33)32-15-19-34(20-16-32)38-24-50-42(56(38)48(64)68-26-30(6)58)36-12-10-22-54(36)44(60)40(28(3)4)52-46(62)66-8/h13-20,23-24,27-28,35-36,39-40H,9-12,21-22,25-26H2,1-8H3,(H,51,61)(H,52,62)/t35-,36-,39+,40+/m1/s1. The minimum Gasteiger partial charge on any atom is -0.453 e. The van der Waals surface area contributed by atoms with Crippen molar-refractivity contribution in [1.29, 1.82) is 0 Å². The van der Waals surface area contributed by atoms with E-state index in [4.69, 9.17) is 18.9 Å². The van der Waals surface area contributed by atoms with Gasteiger partial charge in [0.15, 0.2) is 24.8 Å². The molecule has 0 radical (unpaired) electrons. The van der Waals surface area contributed by atoms with Crippen molar-refractivity contribution in [3.8, 4) is 33.6 Å². The van der Waals surface area contributed by atoms with E-state index in [1.54, 1.807) is 61.8 Å². The molecule has 2 aliphatic heterocycles. The Morgan fingerprint density at radius 3 is 1.22 bits per heavy atom. The van der Waals surface area contributed by atoms with Crippen LogP contribution in [-0.4, -0.2) is 129 Å². The molecule has 0 aliphatic carbocycles. The number of hydrogen-bond acceptors (Lipinski definition) is 14. The molecule has 0 unspecified atom stereocenters. The van der Waals surface area contributed by atoms with Crippen LogP contribution in [0.3, 0.4) is 0 Å². The number of benzene rings is 2. The van der Waals surface area contributed by atoms with E-state index in [-0.39, 0.29) is 46.9 Å². The van der Waals surface area contributed by atoms with Crippen molar-refractivity contribution in [2.24, 2.45) is 11.8 Å². The zero-order valence-electron chi connectivity index (χ0n) is 39.5. The van der Waals surface area contributed by atoms with Gasteiger partial charge in [-0.05, 0) is 62.5 Å². The van der Waals surface area contributed by atoms with Gasteiger partial charge in [-0.25, -0.2) is 38.3 Å². The maximum Gasteiger partial charge on any atom is 0.420 e. The number of aromatic nitrogens is 4. The summed E-state index contributed by atoms with van der Waals surface area (Å²) in [4.78, 5) is 116. The number of hydrogen-bond donors (Lipinski definition) is 2. The lowest BCUT2D eigenvalue weighted by Crippen LogP contribution is -2.51. The predicted octanol–water partition coefficient (Wildman–Crippen LogP) is 6.32. The molecule has 4 aromatic rings. The molecule has 2 aromatic carbocycles. The van der Waals surface area contributed by atoms with Crippen molar-refractivity contribution in [3.63, 3.8) is 0 Å². The number of amides is 4. The van der Waals surface area contributed by atoms with Crippen LogP contribution in [0.4, 0.5) is 19.2 Å². The fourth-order valence-corrected chi connectivity index (χ4v) is 8.47. The molecule has 2 fully saturated rings. The maximum atomic E-state index is 13.9. The van der Waals surface area contributed by atoms with E-state index in [0.29, 0.717) is 61.3 Å². The molecule has 4 atom stereocenters. The molecule has 2 saturated heterocycles.